The summed E-state index contributed by atoms with van der Waals surface area (Å²) in [7, 11) is 0. The van der Waals surface area contributed by atoms with Crippen molar-refractivity contribution in [3.8, 4) is 0 Å². The Kier molecular flexibility index (Phi) is 4.92. The number of hydrogen-bond donors (Lipinski definition) is 2. The Hall–Kier alpha value is -2.93. The maximum absolute atomic E-state index is 12.1. The molecule has 2 amide bonds. The summed E-state index contributed by atoms with van der Waals surface area (Å²) in [4.78, 5) is 33.2. The predicted octanol–water partition coefficient (Wildman–Crippen LogP) is 2.28. The van der Waals surface area contributed by atoms with Gasteiger partial charge in [-0.15, -0.1) is 0 Å². The number of halogens is 1. The molecule has 7 nitrogen and oxygen atoms in total. The molecule has 2 aromatic rings. The second-order valence-electron chi connectivity index (χ2n) is 4.67. The van der Waals surface area contributed by atoms with Crippen LogP contribution in [0.2, 0.25) is 5.02 Å². The van der Waals surface area contributed by atoms with Crippen LogP contribution in [-0.2, 0) is 6.54 Å². The first kappa shape index (κ1) is 16.4. The molecule has 2 rings (SSSR count). The van der Waals surface area contributed by atoms with E-state index in [0.29, 0.717) is 5.56 Å². The van der Waals surface area contributed by atoms with Gasteiger partial charge in [-0.05, 0) is 23.8 Å². The Morgan fingerprint density at radius 2 is 1.83 bits per heavy atom. The molecule has 0 bridgehead atoms. The molecule has 8 heteroatoms. The molecule has 0 heterocycles. The Balaban J connectivity index is 2.09. The van der Waals surface area contributed by atoms with E-state index in [1.807, 2.05) is 0 Å². The number of benzene rings is 2. The van der Waals surface area contributed by atoms with Crippen LogP contribution in [-0.4, -0.2) is 16.7 Å². The highest BCUT2D eigenvalue weighted by molar-refractivity contribution is 6.33. The van der Waals surface area contributed by atoms with Crippen molar-refractivity contribution in [1.82, 2.24) is 5.32 Å². The summed E-state index contributed by atoms with van der Waals surface area (Å²) in [6.07, 6.45) is 0. The van der Waals surface area contributed by atoms with Gasteiger partial charge in [0.05, 0.1) is 15.5 Å². The normalized spacial score (nSPS) is 10.1. The molecule has 0 atom stereocenters. The fraction of sp³-hybridized carbons (Fsp3) is 0.0667. The van der Waals surface area contributed by atoms with Gasteiger partial charge in [0, 0.05) is 24.2 Å². The lowest BCUT2D eigenvalue weighted by Gasteiger charge is -2.07. The average Bonchev–Trinajstić information content (AvgIpc) is 2.53. The highest BCUT2D eigenvalue weighted by Gasteiger charge is 2.15. The van der Waals surface area contributed by atoms with Gasteiger partial charge in [0.1, 0.15) is 0 Å². The zero-order valence-corrected chi connectivity index (χ0v) is 12.5. The van der Waals surface area contributed by atoms with Gasteiger partial charge in [-0.25, -0.2) is 0 Å². The van der Waals surface area contributed by atoms with E-state index in [4.69, 9.17) is 17.3 Å². The van der Waals surface area contributed by atoms with Gasteiger partial charge in [-0.1, -0.05) is 23.7 Å². The smallest absolute Gasteiger partial charge is 0.270 e. The van der Waals surface area contributed by atoms with E-state index >= 15 is 0 Å². The van der Waals surface area contributed by atoms with Crippen molar-refractivity contribution in [3.05, 3.63) is 74.3 Å². The molecule has 2 aromatic carbocycles. The van der Waals surface area contributed by atoms with Crippen molar-refractivity contribution >= 4 is 29.1 Å². The first-order chi connectivity index (χ1) is 10.9. The van der Waals surface area contributed by atoms with Gasteiger partial charge < -0.3 is 11.1 Å². The fourth-order valence-electron chi connectivity index (χ4n) is 1.87. The molecule has 0 unspecified atom stereocenters. The summed E-state index contributed by atoms with van der Waals surface area (Å²) < 4.78 is 0. The van der Waals surface area contributed by atoms with Gasteiger partial charge >= 0.3 is 0 Å². The van der Waals surface area contributed by atoms with Crippen LogP contribution in [0.1, 0.15) is 26.3 Å². The minimum Gasteiger partial charge on any atom is -0.366 e. The summed E-state index contributed by atoms with van der Waals surface area (Å²) in [5.41, 5.74) is 6.05. The number of nitrogens with two attached hydrogens (primary N) is 1. The van der Waals surface area contributed by atoms with E-state index in [0.717, 1.165) is 11.6 Å². The first-order valence-electron chi connectivity index (χ1n) is 6.49. The number of amides is 2. The fourth-order valence-corrected chi connectivity index (χ4v) is 2.07. The van der Waals surface area contributed by atoms with Gasteiger partial charge in [-0.3, -0.25) is 19.7 Å². The third kappa shape index (κ3) is 4.04. The van der Waals surface area contributed by atoms with Crippen LogP contribution in [0.4, 0.5) is 5.69 Å². The Morgan fingerprint density at radius 3 is 2.39 bits per heavy atom. The lowest BCUT2D eigenvalue weighted by atomic mass is 10.1. The van der Waals surface area contributed by atoms with Crippen LogP contribution in [0.5, 0.6) is 0 Å². The molecular weight excluding hydrogens is 322 g/mol. The molecule has 0 aliphatic carbocycles. The Labute approximate surface area is 136 Å². The summed E-state index contributed by atoms with van der Waals surface area (Å²) in [5.74, 6) is -1.07. The van der Waals surface area contributed by atoms with E-state index in [1.165, 1.54) is 12.1 Å². The number of nitrogens with zero attached hydrogens (tertiary/aromatic N) is 1. The van der Waals surface area contributed by atoms with Crippen LogP contribution in [0.3, 0.4) is 0 Å². The first-order valence-corrected chi connectivity index (χ1v) is 6.87. The van der Waals surface area contributed by atoms with Gasteiger partial charge in [0.2, 0.25) is 5.91 Å². The van der Waals surface area contributed by atoms with Crippen LogP contribution < -0.4 is 11.1 Å². The summed E-state index contributed by atoms with van der Waals surface area (Å²) in [6.45, 7) is 0.177. The van der Waals surface area contributed by atoms with Gasteiger partial charge in [0.25, 0.3) is 11.6 Å². The van der Waals surface area contributed by atoms with Crippen molar-refractivity contribution in [1.29, 1.82) is 0 Å². The largest absolute Gasteiger partial charge is 0.366 e. The molecule has 118 valence electrons. The number of carbonyl (C=O) groups excluding carboxylic acids is 2. The average molecular weight is 334 g/mol. The SMILES string of the molecule is NC(=O)c1ccc(CNC(=O)c2cc([N+](=O)[O-])ccc2Cl)cc1. The third-order valence-corrected chi connectivity index (χ3v) is 3.43. The second kappa shape index (κ2) is 6.89. The summed E-state index contributed by atoms with van der Waals surface area (Å²) in [6, 6.07) is 10.0. The maximum atomic E-state index is 12.1. The number of non-ortho nitro benzene ring substituents is 1. The highest BCUT2D eigenvalue weighted by Crippen LogP contribution is 2.22. The maximum Gasteiger partial charge on any atom is 0.270 e. The monoisotopic (exact) mass is 333 g/mol. The van der Waals surface area contributed by atoms with E-state index in [-0.39, 0.29) is 22.8 Å². The summed E-state index contributed by atoms with van der Waals surface area (Å²) >= 11 is 5.90. The van der Waals surface area contributed by atoms with Crippen molar-refractivity contribution in [2.75, 3.05) is 0 Å². The molecule has 0 saturated heterocycles. The quantitative estimate of drug-likeness (QED) is 0.645. The van der Waals surface area contributed by atoms with Crippen LogP contribution >= 0.6 is 11.6 Å². The summed E-state index contributed by atoms with van der Waals surface area (Å²) in [5, 5.41) is 13.5. The number of hydrogen-bond acceptors (Lipinski definition) is 4. The van der Waals surface area contributed by atoms with Crippen LogP contribution in [0, 0.1) is 10.1 Å². The topological polar surface area (TPSA) is 115 Å². The molecule has 0 saturated carbocycles. The molecule has 0 spiro atoms. The van der Waals surface area contributed by atoms with Gasteiger partial charge in [-0.2, -0.15) is 0 Å². The second-order valence-corrected chi connectivity index (χ2v) is 5.07. The minimum atomic E-state index is -0.602. The highest BCUT2D eigenvalue weighted by atomic mass is 35.5. The molecular formula is C15H12ClN3O4. The zero-order valence-electron chi connectivity index (χ0n) is 11.8. The lowest BCUT2D eigenvalue weighted by molar-refractivity contribution is -0.384. The zero-order chi connectivity index (χ0) is 17.0. The minimum absolute atomic E-state index is 0.0228. The van der Waals surface area contributed by atoms with Crippen molar-refractivity contribution in [2.24, 2.45) is 5.73 Å². The van der Waals surface area contributed by atoms with Crippen molar-refractivity contribution in [3.63, 3.8) is 0 Å². The van der Waals surface area contributed by atoms with E-state index in [9.17, 15) is 19.7 Å². The third-order valence-electron chi connectivity index (χ3n) is 3.10. The molecule has 0 aliphatic heterocycles. The molecule has 0 aliphatic rings. The van der Waals surface area contributed by atoms with Crippen molar-refractivity contribution in [2.45, 2.75) is 6.54 Å². The standard InChI is InChI=1S/C15H12ClN3O4/c16-13-6-5-11(19(22)23)7-12(13)15(21)18-8-9-1-3-10(4-2-9)14(17)20/h1-7H,8H2,(H2,17,20)(H,18,21). The molecule has 0 fully saturated rings. The Morgan fingerprint density at radius 1 is 1.17 bits per heavy atom. The lowest BCUT2D eigenvalue weighted by Crippen LogP contribution is -2.23. The van der Waals surface area contributed by atoms with Gasteiger partial charge in [0.15, 0.2) is 0 Å². The molecule has 0 aromatic heterocycles. The molecule has 23 heavy (non-hydrogen) atoms. The number of nitro groups is 1. The Bertz CT molecular complexity index is 775. The van der Waals surface area contributed by atoms with Crippen molar-refractivity contribution < 1.29 is 14.5 Å². The molecule has 0 radical (unpaired) electrons. The predicted molar refractivity (Wildman–Crippen MR) is 84.2 cm³/mol. The number of primary amides is 1. The van der Waals surface area contributed by atoms with E-state index in [1.54, 1.807) is 24.3 Å². The number of carbonyl (C=O) groups is 2. The molecule has 3 N–H and O–H groups in total. The number of rotatable bonds is 5. The number of nitrogens with one attached hydrogen (secondary N) is 1. The van der Waals surface area contributed by atoms with Crippen LogP contribution in [0.15, 0.2) is 42.5 Å². The van der Waals surface area contributed by atoms with E-state index in [2.05, 4.69) is 5.32 Å². The van der Waals surface area contributed by atoms with E-state index < -0.39 is 16.7 Å². The number of nitro benzene ring substituents is 1. The van der Waals surface area contributed by atoms with Crippen LogP contribution in [0.25, 0.3) is 0 Å².